The molecule has 0 aliphatic heterocycles. The van der Waals surface area contributed by atoms with Crippen LogP contribution in [0.2, 0.25) is 0 Å². The van der Waals surface area contributed by atoms with Gasteiger partial charge >= 0.3 is 0 Å². The Morgan fingerprint density at radius 2 is 2.10 bits per heavy atom. The van der Waals surface area contributed by atoms with Gasteiger partial charge in [-0.25, -0.2) is 4.98 Å². The molecule has 6 nitrogen and oxygen atoms in total. The van der Waals surface area contributed by atoms with Crippen LogP contribution in [0.3, 0.4) is 0 Å². The summed E-state index contributed by atoms with van der Waals surface area (Å²) < 4.78 is 15.8. The monoisotopic (exact) mass is 309 g/mol. The lowest BCUT2D eigenvalue weighted by Crippen LogP contribution is -1.96. The first kappa shape index (κ1) is 15.7. The summed E-state index contributed by atoms with van der Waals surface area (Å²) in [6, 6.07) is 5.58. The Kier molecular flexibility index (Phi) is 5.89. The van der Waals surface area contributed by atoms with E-state index in [1.807, 2.05) is 25.1 Å². The second kappa shape index (κ2) is 7.90. The van der Waals surface area contributed by atoms with E-state index in [9.17, 15) is 0 Å². The number of nitrogens with one attached hydrogen (secondary N) is 1. The average molecular weight is 309 g/mol. The zero-order chi connectivity index (χ0) is 15.1. The molecule has 0 spiro atoms. The van der Waals surface area contributed by atoms with E-state index in [0.717, 1.165) is 23.7 Å². The van der Waals surface area contributed by atoms with E-state index in [2.05, 4.69) is 15.2 Å². The van der Waals surface area contributed by atoms with Crippen LogP contribution in [0.1, 0.15) is 6.92 Å². The maximum atomic E-state index is 5.37. The van der Waals surface area contributed by atoms with Gasteiger partial charge in [0.2, 0.25) is 5.16 Å². The molecule has 0 amide bonds. The maximum Gasteiger partial charge on any atom is 0.208 e. The zero-order valence-electron chi connectivity index (χ0n) is 12.4. The van der Waals surface area contributed by atoms with Gasteiger partial charge in [-0.05, 0) is 19.1 Å². The third kappa shape index (κ3) is 4.12. The smallest absolute Gasteiger partial charge is 0.208 e. The van der Waals surface area contributed by atoms with Crippen molar-refractivity contribution in [2.45, 2.75) is 12.1 Å². The quantitative estimate of drug-likeness (QED) is 0.597. The molecule has 0 bridgehead atoms. The van der Waals surface area contributed by atoms with Crippen LogP contribution in [0.15, 0.2) is 23.4 Å². The number of benzene rings is 1. The van der Waals surface area contributed by atoms with Crippen molar-refractivity contribution in [3.63, 3.8) is 0 Å². The van der Waals surface area contributed by atoms with Gasteiger partial charge in [0.1, 0.15) is 11.5 Å². The molecule has 7 heteroatoms. The molecule has 0 unspecified atom stereocenters. The van der Waals surface area contributed by atoms with Crippen molar-refractivity contribution < 1.29 is 14.2 Å². The molecule has 0 radical (unpaired) electrons. The van der Waals surface area contributed by atoms with Crippen LogP contribution >= 0.6 is 11.8 Å². The van der Waals surface area contributed by atoms with Crippen molar-refractivity contribution in [2.75, 3.05) is 33.2 Å². The molecule has 1 heterocycles. The maximum absolute atomic E-state index is 5.37. The van der Waals surface area contributed by atoms with Crippen LogP contribution in [0.4, 0.5) is 0 Å². The van der Waals surface area contributed by atoms with E-state index in [1.165, 1.54) is 0 Å². The topological polar surface area (TPSA) is 69.3 Å². The third-order valence-electron chi connectivity index (χ3n) is 2.79. The summed E-state index contributed by atoms with van der Waals surface area (Å²) in [4.78, 5) is 4.46. The first-order valence-electron chi connectivity index (χ1n) is 6.63. The van der Waals surface area contributed by atoms with E-state index in [-0.39, 0.29) is 0 Å². The lowest BCUT2D eigenvalue weighted by molar-refractivity contribution is 0.164. The number of aromatic amines is 1. The van der Waals surface area contributed by atoms with Gasteiger partial charge in [0.25, 0.3) is 0 Å². The van der Waals surface area contributed by atoms with Crippen LogP contribution in [0, 0.1) is 0 Å². The molecule has 1 aromatic heterocycles. The predicted molar refractivity (Wildman–Crippen MR) is 82.1 cm³/mol. The van der Waals surface area contributed by atoms with Gasteiger partial charge in [-0.1, -0.05) is 11.8 Å². The minimum atomic E-state index is 0.674. The van der Waals surface area contributed by atoms with Crippen molar-refractivity contribution in [1.29, 1.82) is 0 Å². The van der Waals surface area contributed by atoms with Crippen LogP contribution in [0.5, 0.6) is 11.5 Å². The molecular formula is C14H19N3O3S. The highest BCUT2D eigenvalue weighted by Crippen LogP contribution is 2.31. The minimum Gasteiger partial charge on any atom is -0.497 e. The predicted octanol–water partition coefficient (Wildman–Crippen LogP) is 2.62. The molecule has 1 N–H and O–H groups in total. The van der Waals surface area contributed by atoms with Gasteiger partial charge in [-0.2, -0.15) is 0 Å². The third-order valence-corrected chi connectivity index (χ3v) is 3.60. The molecule has 21 heavy (non-hydrogen) atoms. The van der Waals surface area contributed by atoms with Crippen molar-refractivity contribution in [3.05, 3.63) is 18.2 Å². The Morgan fingerprint density at radius 1 is 1.24 bits per heavy atom. The summed E-state index contributed by atoms with van der Waals surface area (Å²) in [6.45, 7) is 3.39. The molecule has 0 saturated carbocycles. The van der Waals surface area contributed by atoms with E-state index >= 15 is 0 Å². The van der Waals surface area contributed by atoms with Gasteiger partial charge < -0.3 is 14.2 Å². The molecule has 0 aliphatic rings. The van der Waals surface area contributed by atoms with E-state index in [0.29, 0.717) is 23.3 Å². The Bertz CT molecular complexity index is 574. The van der Waals surface area contributed by atoms with Crippen molar-refractivity contribution in [2.24, 2.45) is 0 Å². The van der Waals surface area contributed by atoms with E-state index in [4.69, 9.17) is 14.2 Å². The van der Waals surface area contributed by atoms with Crippen molar-refractivity contribution in [1.82, 2.24) is 15.2 Å². The second-order valence-electron chi connectivity index (χ2n) is 4.08. The average Bonchev–Trinajstić information content (AvgIpc) is 2.99. The summed E-state index contributed by atoms with van der Waals surface area (Å²) in [5, 5.41) is 7.82. The Balaban J connectivity index is 2.10. The largest absolute Gasteiger partial charge is 0.497 e. The highest BCUT2D eigenvalue weighted by atomic mass is 32.2. The number of hydrogen-bond donors (Lipinski definition) is 1. The highest BCUT2D eigenvalue weighted by Gasteiger charge is 2.12. The molecule has 0 aliphatic carbocycles. The first-order valence-corrected chi connectivity index (χ1v) is 7.62. The molecule has 0 atom stereocenters. The Morgan fingerprint density at radius 3 is 2.81 bits per heavy atom. The van der Waals surface area contributed by atoms with Gasteiger partial charge in [0.15, 0.2) is 5.82 Å². The number of methoxy groups -OCH3 is 2. The fourth-order valence-electron chi connectivity index (χ4n) is 1.76. The molecule has 1 aromatic carbocycles. The minimum absolute atomic E-state index is 0.674. The van der Waals surface area contributed by atoms with Crippen molar-refractivity contribution >= 4 is 11.8 Å². The lowest BCUT2D eigenvalue weighted by atomic mass is 10.2. The Hall–Kier alpha value is -1.73. The molecule has 0 saturated heterocycles. The van der Waals surface area contributed by atoms with Crippen LogP contribution in [-0.2, 0) is 4.74 Å². The number of ether oxygens (including phenoxy) is 3. The fraction of sp³-hybridized carbons (Fsp3) is 0.429. The van der Waals surface area contributed by atoms with E-state index in [1.54, 1.807) is 26.0 Å². The van der Waals surface area contributed by atoms with E-state index < -0.39 is 0 Å². The SMILES string of the molecule is CCOCCSc1n[nH]c(-c2ccc(OC)cc2OC)n1. The number of rotatable bonds is 8. The summed E-state index contributed by atoms with van der Waals surface area (Å²) in [7, 11) is 3.24. The standard InChI is InChI=1S/C14H19N3O3S/c1-4-20-7-8-21-14-15-13(16-17-14)11-6-5-10(18-2)9-12(11)19-3/h5-6,9H,4,7-8H2,1-3H3,(H,15,16,17). The summed E-state index contributed by atoms with van der Waals surface area (Å²) in [5.41, 5.74) is 0.849. The molecule has 0 fully saturated rings. The number of H-pyrrole nitrogens is 1. The zero-order valence-corrected chi connectivity index (χ0v) is 13.2. The van der Waals surface area contributed by atoms with Gasteiger partial charge in [-0.15, -0.1) is 5.10 Å². The molecule has 2 aromatic rings. The Labute approximate surface area is 128 Å². The van der Waals surface area contributed by atoms with Gasteiger partial charge in [-0.3, -0.25) is 5.10 Å². The molecule has 2 rings (SSSR count). The summed E-state index contributed by atoms with van der Waals surface area (Å²) in [5.74, 6) is 2.93. The summed E-state index contributed by atoms with van der Waals surface area (Å²) >= 11 is 1.55. The number of hydrogen-bond acceptors (Lipinski definition) is 6. The van der Waals surface area contributed by atoms with Gasteiger partial charge in [0.05, 0.1) is 26.4 Å². The summed E-state index contributed by atoms with van der Waals surface area (Å²) in [6.07, 6.45) is 0. The number of nitrogens with zero attached hydrogens (tertiary/aromatic N) is 2. The second-order valence-corrected chi connectivity index (χ2v) is 5.14. The normalized spacial score (nSPS) is 10.6. The van der Waals surface area contributed by atoms with Crippen molar-refractivity contribution in [3.8, 4) is 22.9 Å². The molecule has 114 valence electrons. The first-order chi connectivity index (χ1) is 10.3. The van der Waals surface area contributed by atoms with Crippen LogP contribution in [-0.4, -0.2) is 48.4 Å². The highest BCUT2D eigenvalue weighted by molar-refractivity contribution is 7.99. The fourth-order valence-corrected chi connectivity index (χ4v) is 2.41. The lowest BCUT2D eigenvalue weighted by Gasteiger charge is -2.07. The number of thioether (sulfide) groups is 1. The van der Waals surface area contributed by atoms with Gasteiger partial charge in [0, 0.05) is 18.4 Å². The van der Waals surface area contributed by atoms with Crippen LogP contribution in [0.25, 0.3) is 11.4 Å². The molecular weight excluding hydrogens is 290 g/mol. The number of aromatic nitrogens is 3. The van der Waals surface area contributed by atoms with Crippen LogP contribution < -0.4 is 9.47 Å².